The van der Waals surface area contributed by atoms with Crippen LogP contribution >= 0.6 is 0 Å². The molecule has 2 N–H and O–H groups in total. The minimum atomic E-state index is -0.292. The lowest BCUT2D eigenvalue weighted by molar-refractivity contribution is -0.115. The predicted molar refractivity (Wildman–Crippen MR) is 99.0 cm³/mol. The number of hydrogen-bond donors (Lipinski definition) is 2. The number of hydrogen-bond acceptors (Lipinski definition) is 3. The number of rotatable bonds is 8. The van der Waals surface area contributed by atoms with Gasteiger partial charge >= 0.3 is 0 Å². The van der Waals surface area contributed by atoms with E-state index in [0.717, 1.165) is 29.8 Å². The third-order valence-corrected chi connectivity index (χ3v) is 3.71. The van der Waals surface area contributed by atoms with Crippen molar-refractivity contribution >= 4 is 17.5 Å². The van der Waals surface area contributed by atoms with E-state index in [1.54, 1.807) is 24.3 Å². The number of nitrogens with one attached hydrogen (secondary N) is 2. The number of unbranched alkanes of at least 4 members (excludes halogenated alkanes) is 1. The van der Waals surface area contributed by atoms with Crippen LogP contribution in [0.1, 0.15) is 35.7 Å². The third-order valence-electron chi connectivity index (χ3n) is 3.71. The van der Waals surface area contributed by atoms with E-state index in [-0.39, 0.29) is 18.4 Å². The van der Waals surface area contributed by atoms with E-state index in [1.807, 2.05) is 31.2 Å². The van der Waals surface area contributed by atoms with Crippen LogP contribution in [0.15, 0.2) is 48.5 Å². The van der Waals surface area contributed by atoms with E-state index in [2.05, 4.69) is 17.6 Å². The Bertz CT molecular complexity index is 711. The first-order valence-electron chi connectivity index (χ1n) is 8.46. The van der Waals surface area contributed by atoms with E-state index < -0.39 is 0 Å². The van der Waals surface area contributed by atoms with Gasteiger partial charge in [0, 0.05) is 11.3 Å². The fourth-order valence-corrected chi connectivity index (χ4v) is 2.21. The number of carbonyl (C=O) groups excluding carboxylic acids is 2. The van der Waals surface area contributed by atoms with E-state index in [1.165, 1.54) is 0 Å². The summed E-state index contributed by atoms with van der Waals surface area (Å²) in [5.41, 5.74) is 2.21. The second-order valence-corrected chi connectivity index (χ2v) is 5.77. The van der Waals surface area contributed by atoms with Crippen molar-refractivity contribution in [2.75, 3.05) is 18.5 Å². The zero-order valence-corrected chi connectivity index (χ0v) is 14.7. The van der Waals surface area contributed by atoms with Crippen molar-refractivity contribution in [3.05, 3.63) is 59.7 Å². The van der Waals surface area contributed by atoms with Gasteiger partial charge in [0.05, 0.1) is 13.2 Å². The molecule has 0 spiro atoms. The molecule has 0 aliphatic heterocycles. The SMILES string of the molecule is CCCCOc1ccc(C(=O)NCC(=O)Nc2ccccc2C)cc1. The Kier molecular flexibility index (Phi) is 7.01. The molecule has 25 heavy (non-hydrogen) atoms. The lowest BCUT2D eigenvalue weighted by atomic mass is 10.2. The quantitative estimate of drug-likeness (QED) is 0.722. The number of anilines is 1. The largest absolute Gasteiger partial charge is 0.494 e. The molecule has 0 fully saturated rings. The zero-order valence-electron chi connectivity index (χ0n) is 14.7. The lowest BCUT2D eigenvalue weighted by Gasteiger charge is -2.09. The topological polar surface area (TPSA) is 67.4 Å². The van der Waals surface area contributed by atoms with Crippen molar-refractivity contribution in [1.29, 1.82) is 0 Å². The zero-order chi connectivity index (χ0) is 18.1. The number of carbonyl (C=O) groups is 2. The Hall–Kier alpha value is -2.82. The molecule has 5 heteroatoms. The molecule has 2 rings (SSSR count). The number of aryl methyl sites for hydroxylation is 1. The van der Waals surface area contributed by atoms with Crippen molar-refractivity contribution < 1.29 is 14.3 Å². The van der Waals surface area contributed by atoms with Crippen molar-refractivity contribution in [1.82, 2.24) is 5.32 Å². The van der Waals surface area contributed by atoms with Crippen LogP contribution in [0.25, 0.3) is 0 Å². The van der Waals surface area contributed by atoms with Gasteiger partial charge in [-0.3, -0.25) is 9.59 Å². The Morgan fingerprint density at radius 3 is 2.44 bits per heavy atom. The summed E-state index contributed by atoms with van der Waals surface area (Å²) in [5, 5.41) is 5.40. The van der Waals surface area contributed by atoms with Gasteiger partial charge in [-0.25, -0.2) is 0 Å². The molecule has 0 unspecified atom stereocenters. The van der Waals surface area contributed by atoms with Crippen molar-refractivity contribution in [3.63, 3.8) is 0 Å². The van der Waals surface area contributed by atoms with Crippen LogP contribution in [0.5, 0.6) is 5.75 Å². The standard InChI is InChI=1S/C20H24N2O3/c1-3-4-13-25-17-11-9-16(10-12-17)20(24)21-14-19(23)22-18-8-6-5-7-15(18)2/h5-12H,3-4,13-14H2,1-2H3,(H,21,24)(H,22,23). The van der Waals surface area contributed by atoms with E-state index >= 15 is 0 Å². The van der Waals surface area contributed by atoms with Gasteiger partial charge in [-0.15, -0.1) is 0 Å². The molecule has 0 aliphatic carbocycles. The summed E-state index contributed by atoms with van der Waals surface area (Å²) in [7, 11) is 0. The molecule has 0 saturated heterocycles. The predicted octanol–water partition coefficient (Wildman–Crippen LogP) is 3.54. The molecule has 2 aromatic carbocycles. The maximum absolute atomic E-state index is 12.1. The van der Waals surface area contributed by atoms with Crippen LogP contribution < -0.4 is 15.4 Å². The summed E-state index contributed by atoms with van der Waals surface area (Å²) >= 11 is 0. The Morgan fingerprint density at radius 1 is 1.04 bits per heavy atom. The first-order chi connectivity index (χ1) is 12.1. The minimum Gasteiger partial charge on any atom is -0.494 e. The van der Waals surface area contributed by atoms with Gasteiger partial charge in [-0.2, -0.15) is 0 Å². The van der Waals surface area contributed by atoms with Gasteiger partial charge in [0.2, 0.25) is 5.91 Å². The highest BCUT2D eigenvalue weighted by molar-refractivity contribution is 5.99. The Balaban J connectivity index is 1.81. The van der Waals surface area contributed by atoms with Gasteiger partial charge in [0.15, 0.2) is 0 Å². The monoisotopic (exact) mass is 340 g/mol. The normalized spacial score (nSPS) is 10.2. The highest BCUT2D eigenvalue weighted by atomic mass is 16.5. The van der Waals surface area contributed by atoms with Crippen LogP contribution in [0.4, 0.5) is 5.69 Å². The van der Waals surface area contributed by atoms with Crippen LogP contribution in [-0.2, 0) is 4.79 Å². The van der Waals surface area contributed by atoms with E-state index in [9.17, 15) is 9.59 Å². The average Bonchev–Trinajstić information content (AvgIpc) is 2.62. The molecule has 0 radical (unpaired) electrons. The molecule has 0 aromatic heterocycles. The minimum absolute atomic E-state index is 0.0814. The maximum Gasteiger partial charge on any atom is 0.251 e. The van der Waals surface area contributed by atoms with Gasteiger partial charge in [-0.05, 0) is 49.2 Å². The second kappa shape index (κ2) is 9.47. The van der Waals surface area contributed by atoms with Crippen molar-refractivity contribution in [2.24, 2.45) is 0 Å². The Labute approximate surface area is 148 Å². The summed E-state index contributed by atoms with van der Waals surface area (Å²) in [5.74, 6) is 0.185. The third kappa shape index (κ3) is 5.95. The summed E-state index contributed by atoms with van der Waals surface area (Å²) < 4.78 is 5.56. The number of para-hydroxylation sites is 1. The molecule has 2 aromatic rings. The smallest absolute Gasteiger partial charge is 0.251 e. The van der Waals surface area contributed by atoms with Crippen LogP contribution in [0.3, 0.4) is 0 Å². The van der Waals surface area contributed by atoms with Gasteiger partial charge in [0.25, 0.3) is 5.91 Å². The van der Waals surface area contributed by atoms with Crippen molar-refractivity contribution in [2.45, 2.75) is 26.7 Å². The number of ether oxygens (including phenoxy) is 1. The first-order valence-corrected chi connectivity index (χ1v) is 8.46. The summed E-state index contributed by atoms with van der Waals surface area (Å²) in [4.78, 5) is 24.1. The average molecular weight is 340 g/mol. The fourth-order valence-electron chi connectivity index (χ4n) is 2.21. The molecule has 0 heterocycles. The van der Waals surface area contributed by atoms with Crippen LogP contribution in [0.2, 0.25) is 0 Å². The summed E-state index contributed by atoms with van der Waals surface area (Å²) in [6.07, 6.45) is 2.07. The van der Waals surface area contributed by atoms with Crippen molar-refractivity contribution in [3.8, 4) is 5.75 Å². The van der Waals surface area contributed by atoms with Crippen LogP contribution in [-0.4, -0.2) is 25.0 Å². The molecule has 0 bridgehead atoms. The number of benzene rings is 2. The fraction of sp³-hybridized carbons (Fsp3) is 0.300. The second-order valence-electron chi connectivity index (χ2n) is 5.77. The molecular formula is C20H24N2O3. The molecule has 0 saturated carbocycles. The molecule has 5 nitrogen and oxygen atoms in total. The summed E-state index contributed by atoms with van der Waals surface area (Å²) in [6, 6.07) is 14.4. The Morgan fingerprint density at radius 2 is 1.76 bits per heavy atom. The van der Waals surface area contributed by atoms with E-state index in [0.29, 0.717) is 12.2 Å². The van der Waals surface area contributed by atoms with Gasteiger partial charge in [-0.1, -0.05) is 31.5 Å². The number of amides is 2. The highest BCUT2D eigenvalue weighted by Crippen LogP contribution is 2.14. The summed E-state index contributed by atoms with van der Waals surface area (Å²) in [6.45, 7) is 4.60. The molecule has 0 atom stereocenters. The highest BCUT2D eigenvalue weighted by Gasteiger charge is 2.09. The maximum atomic E-state index is 12.1. The molecular weight excluding hydrogens is 316 g/mol. The molecule has 132 valence electrons. The van der Waals surface area contributed by atoms with E-state index in [4.69, 9.17) is 4.74 Å². The van der Waals surface area contributed by atoms with Gasteiger partial charge < -0.3 is 15.4 Å². The van der Waals surface area contributed by atoms with Crippen LogP contribution in [0, 0.1) is 6.92 Å². The molecule has 0 aliphatic rings. The first kappa shape index (κ1) is 18.5. The molecule has 2 amide bonds. The lowest BCUT2D eigenvalue weighted by Crippen LogP contribution is -2.32. The van der Waals surface area contributed by atoms with Gasteiger partial charge in [0.1, 0.15) is 5.75 Å².